The highest BCUT2D eigenvalue weighted by Crippen LogP contribution is 2.30. The van der Waals surface area contributed by atoms with Gasteiger partial charge in [-0.2, -0.15) is 0 Å². The fourth-order valence-corrected chi connectivity index (χ4v) is 3.29. The van der Waals surface area contributed by atoms with E-state index < -0.39 is 0 Å². The van der Waals surface area contributed by atoms with Crippen LogP contribution < -0.4 is 5.73 Å². The van der Waals surface area contributed by atoms with Crippen LogP contribution in [-0.2, 0) is 9.53 Å². The molecule has 1 aliphatic carbocycles. The van der Waals surface area contributed by atoms with Crippen molar-refractivity contribution < 1.29 is 14.6 Å². The average Bonchev–Trinajstić information content (AvgIpc) is 2.40. The van der Waals surface area contributed by atoms with E-state index in [1.807, 2.05) is 11.8 Å². The Morgan fingerprint density at radius 3 is 2.79 bits per heavy atom. The molecule has 2 rings (SSSR count). The molecule has 5 unspecified atom stereocenters. The summed E-state index contributed by atoms with van der Waals surface area (Å²) < 4.78 is 5.58. The first kappa shape index (κ1) is 14.8. The fourth-order valence-electron chi connectivity index (χ4n) is 3.29. The van der Waals surface area contributed by atoms with Crippen molar-refractivity contribution in [3.05, 3.63) is 0 Å². The molecule has 2 aliphatic rings. The first-order valence-electron chi connectivity index (χ1n) is 7.33. The predicted octanol–water partition coefficient (Wildman–Crippen LogP) is 0.358. The fraction of sp³-hybridized carbons (Fsp3) is 0.929. The summed E-state index contributed by atoms with van der Waals surface area (Å²) in [5, 5.41) is 9.23. The normalized spacial score (nSPS) is 40.2. The zero-order valence-electron chi connectivity index (χ0n) is 11.9. The molecule has 110 valence electrons. The van der Waals surface area contributed by atoms with Crippen molar-refractivity contribution in [2.24, 2.45) is 17.6 Å². The Labute approximate surface area is 115 Å². The average molecular weight is 270 g/mol. The molecule has 0 radical (unpaired) electrons. The maximum atomic E-state index is 12.6. The van der Waals surface area contributed by atoms with Crippen LogP contribution in [0.2, 0.25) is 0 Å². The number of hydrogen-bond donors (Lipinski definition) is 2. The lowest BCUT2D eigenvalue weighted by molar-refractivity contribution is -0.153. The molecule has 1 aliphatic heterocycles. The molecule has 0 aromatic heterocycles. The van der Waals surface area contributed by atoms with E-state index in [1.165, 1.54) is 0 Å². The van der Waals surface area contributed by atoms with Gasteiger partial charge in [-0.05, 0) is 25.7 Å². The SMILES string of the molecule is CC1CN(C(=O)C2CCCC(C)C2N)CC(CO)O1. The topological polar surface area (TPSA) is 75.8 Å². The van der Waals surface area contributed by atoms with Crippen LogP contribution in [0.1, 0.15) is 33.1 Å². The van der Waals surface area contributed by atoms with E-state index in [4.69, 9.17) is 10.5 Å². The minimum absolute atomic E-state index is 0.0212. The maximum absolute atomic E-state index is 12.6. The van der Waals surface area contributed by atoms with Crippen LogP contribution in [0.15, 0.2) is 0 Å². The monoisotopic (exact) mass is 270 g/mol. The van der Waals surface area contributed by atoms with Crippen LogP contribution in [0.3, 0.4) is 0 Å². The summed E-state index contributed by atoms with van der Waals surface area (Å²) in [6.07, 6.45) is 2.80. The van der Waals surface area contributed by atoms with Gasteiger partial charge in [0.05, 0.1) is 24.7 Å². The lowest BCUT2D eigenvalue weighted by atomic mass is 9.77. The quantitative estimate of drug-likeness (QED) is 0.759. The highest BCUT2D eigenvalue weighted by atomic mass is 16.5. The van der Waals surface area contributed by atoms with Crippen LogP contribution in [0, 0.1) is 11.8 Å². The van der Waals surface area contributed by atoms with E-state index in [-0.39, 0.29) is 36.7 Å². The van der Waals surface area contributed by atoms with E-state index >= 15 is 0 Å². The Hall–Kier alpha value is -0.650. The van der Waals surface area contributed by atoms with Gasteiger partial charge in [0.15, 0.2) is 0 Å². The summed E-state index contributed by atoms with van der Waals surface area (Å²) in [5.74, 6) is 0.496. The number of morpholine rings is 1. The number of carbonyl (C=O) groups is 1. The second kappa shape index (κ2) is 6.20. The van der Waals surface area contributed by atoms with Crippen molar-refractivity contribution in [1.82, 2.24) is 4.90 Å². The van der Waals surface area contributed by atoms with Gasteiger partial charge in [0.25, 0.3) is 0 Å². The Kier molecular flexibility index (Phi) is 4.81. The Bertz CT molecular complexity index is 324. The number of nitrogens with two attached hydrogens (primary N) is 1. The first-order valence-corrected chi connectivity index (χ1v) is 7.33. The number of hydrogen-bond acceptors (Lipinski definition) is 4. The van der Waals surface area contributed by atoms with Crippen LogP contribution >= 0.6 is 0 Å². The molecule has 5 nitrogen and oxygen atoms in total. The molecule has 1 heterocycles. The van der Waals surface area contributed by atoms with Gasteiger partial charge in [-0.25, -0.2) is 0 Å². The van der Waals surface area contributed by atoms with Crippen LogP contribution in [0.25, 0.3) is 0 Å². The number of carbonyl (C=O) groups excluding carboxylic acids is 1. The van der Waals surface area contributed by atoms with Crippen molar-refractivity contribution in [2.75, 3.05) is 19.7 Å². The van der Waals surface area contributed by atoms with Gasteiger partial charge in [-0.3, -0.25) is 4.79 Å². The van der Waals surface area contributed by atoms with Gasteiger partial charge < -0.3 is 20.5 Å². The zero-order chi connectivity index (χ0) is 14.0. The first-order chi connectivity index (χ1) is 9.02. The van der Waals surface area contributed by atoms with Gasteiger partial charge in [-0.15, -0.1) is 0 Å². The highest BCUT2D eigenvalue weighted by molar-refractivity contribution is 5.80. The molecule has 1 saturated heterocycles. The molecule has 1 amide bonds. The number of aliphatic hydroxyl groups is 1. The number of rotatable bonds is 2. The van der Waals surface area contributed by atoms with Crippen molar-refractivity contribution >= 4 is 5.91 Å². The van der Waals surface area contributed by atoms with E-state index in [0.717, 1.165) is 19.3 Å². The zero-order valence-corrected chi connectivity index (χ0v) is 11.9. The number of aliphatic hydroxyl groups excluding tert-OH is 1. The molecule has 5 heteroatoms. The third-order valence-electron chi connectivity index (χ3n) is 4.46. The lowest BCUT2D eigenvalue weighted by Crippen LogP contribution is -2.55. The Morgan fingerprint density at radius 2 is 2.11 bits per heavy atom. The van der Waals surface area contributed by atoms with Crippen LogP contribution in [0.4, 0.5) is 0 Å². The summed E-state index contributed by atoms with van der Waals surface area (Å²) in [6, 6.07) is -0.0352. The molecule has 0 bridgehead atoms. The molecule has 19 heavy (non-hydrogen) atoms. The molecule has 0 spiro atoms. The van der Waals surface area contributed by atoms with Crippen LogP contribution in [0.5, 0.6) is 0 Å². The van der Waals surface area contributed by atoms with Crippen LogP contribution in [-0.4, -0.2) is 53.9 Å². The van der Waals surface area contributed by atoms with Gasteiger partial charge in [0, 0.05) is 19.1 Å². The molecule has 1 saturated carbocycles. The molecule has 0 aromatic carbocycles. The third-order valence-corrected chi connectivity index (χ3v) is 4.46. The second-order valence-electron chi connectivity index (χ2n) is 6.09. The number of nitrogens with zero attached hydrogens (tertiary/aromatic N) is 1. The molecular formula is C14H26N2O3. The summed E-state index contributed by atoms with van der Waals surface area (Å²) >= 11 is 0. The van der Waals surface area contributed by atoms with Gasteiger partial charge in [-0.1, -0.05) is 13.3 Å². The molecule has 5 atom stereocenters. The smallest absolute Gasteiger partial charge is 0.227 e. The summed E-state index contributed by atoms with van der Waals surface area (Å²) in [7, 11) is 0. The Balaban J connectivity index is 2.01. The standard InChI is InChI=1S/C14H26N2O3/c1-9-4-3-5-12(13(9)15)14(18)16-6-10(2)19-11(7-16)8-17/h9-13,17H,3-8,15H2,1-2H3. The van der Waals surface area contributed by atoms with Crippen molar-refractivity contribution in [1.29, 1.82) is 0 Å². The number of ether oxygens (including phenoxy) is 1. The summed E-state index contributed by atoms with van der Waals surface area (Å²) in [6.45, 7) is 5.11. The highest BCUT2D eigenvalue weighted by Gasteiger charge is 2.37. The molecular weight excluding hydrogens is 244 g/mol. The minimum atomic E-state index is -0.259. The predicted molar refractivity (Wildman–Crippen MR) is 72.5 cm³/mol. The minimum Gasteiger partial charge on any atom is -0.394 e. The Morgan fingerprint density at radius 1 is 1.37 bits per heavy atom. The van der Waals surface area contributed by atoms with E-state index in [9.17, 15) is 9.90 Å². The van der Waals surface area contributed by atoms with Gasteiger partial charge in [0.1, 0.15) is 0 Å². The third kappa shape index (κ3) is 3.27. The molecule has 2 fully saturated rings. The maximum Gasteiger partial charge on any atom is 0.227 e. The van der Waals surface area contributed by atoms with Crippen molar-refractivity contribution in [2.45, 2.75) is 51.4 Å². The van der Waals surface area contributed by atoms with Crippen molar-refractivity contribution in [3.8, 4) is 0 Å². The lowest BCUT2D eigenvalue weighted by Gasteiger charge is -2.41. The van der Waals surface area contributed by atoms with Gasteiger partial charge >= 0.3 is 0 Å². The van der Waals surface area contributed by atoms with Crippen molar-refractivity contribution in [3.63, 3.8) is 0 Å². The summed E-state index contributed by atoms with van der Waals surface area (Å²) in [5.41, 5.74) is 6.20. The summed E-state index contributed by atoms with van der Waals surface area (Å²) in [4.78, 5) is 14.5. The van der Waals surface area contributed by atoms with Gasteiger partial charge in [0.2, 0.25) is 5.91 Å². The van der Waals surface area contributed by atoms with E-state index in [2.05, 4.69) is 6.92 Å². The second-order valence-corrected chi connectivity index (χ2v) is 6.09. The van der Waals surface area contributed by atoms with E-state index in [0.29, 0.717) is 19.0 Å². The largest absolute Gasteiger partial charge is 0.394 e. The number of amides is 1. The molecule has 3 N–H and O–H groups in total. The molecule has 0 aromatic rings. The van der Waals surface area contributed by atoms with E-state index in [1.54, 1.807) is 0 Å².